The van der Waals surface area contributed by atoms with Crippen LogP contribution in [0.3, 0.4) is 0 Å². The van der Waals surface area contributed by atoms with Crippen molar-refractivity contribution < 1.29 is 9.13 Å². The minimum atomic E-state index is -0.258. The summed E-state index contributed by atoms with van der Waals surface area (Å²) in [6, 6.07) is 14.3. The number of fused-ring (bicyclic) bond motifs is 1. The van der Waals surface area contributed by atoms with Crippen LogP contribution < -0.4 is 10.5 Å². The maximum absolute atomic E-state index is 12.8. The quantitative estimate of drug-likeness (QED) is 0.784. The van der Waals surface area contributed by atoms with E-state index in [-0.39, 0.29) is 5.82 Å². The lowest BCUT2D eigenvalue weighted by Gasteiger charge is -2.03. The molecule has 2 N–H and O–H groups in total. The molecule has 0 radical (unpaired) electrons. The predicted molar refractivity (Wildman–Crippen MR) is 80.4 cm³/mol. The average molecular weight is 287 g/mol. The topological polar surface area (TPSA) is 35.2 Å². The molecule has 0 fully saturated rings. The third kappa shape index (κ3) is 2.66. The minimum absolute atomic E-state index is 0.258. The van der Waals surface area contributed by atoms with Crippen molar-refractivity contribution in [3.8, 4) is 5.75 Å². The molecule has 20 heavy (non-hydrogen) atoms. The van der Waals surface area contributed by atoms with Crippen LogP contribution in [0.2, 0.25) is 0 Å². The van der Waals surface area contributed by atoms with Crippen molar-refractivity contribution >= 4 is 21.4 Å². The molecule has 0 spiro atoms. The Morgan fingerprint density at radius 2 is 1.90 bits per heavy atom. The van der Waals surface area contributed by atoms with Crippen molar-refractivity contribution in [1.29, 1.82) is 0 Å². The first kappa shape index (κ1) is 13.1. The second-order valence-electron chi connectivity index (χ2n) is 4.49. The molecule has 0 atom stereocenters. The van der Waals surface area contributed by atoms with Crippen LogP contribution in [0.5, 0.6) is 5.75 Å². The van der Waals surface area contributed by atoms with Crippen LogP contribution >= 0.6 is 11.3 Å². The molecular weight excluding hydrogens is 273 g/mol. The number of nitrogens with two attached hydrogens (primary N) is 1. The molecule has 0 unspecified atom stereocenters. The summed E-state index contributed by atoms with van der Waals surface area (Å²) in [5, 5.41) is 1.19. The summed E-state index contributed by atoms with van der Waals surface area (Å²) >= 11 is 1.69. The van der Waals surface area contributed by atoms with Gasteiger partial charge >= 0.3 is 0 Å². The maximum atomic E-state index is 12.8. The molecule has 102 valence electrons. The third-order valence-corrected chi connectivity index (χ3v) is 4.29. The number of rotatable bonds is 4. The number of hydrogen-bond acceptors (Lipinski definition) is 3. The molecule has 4 heteroatoms. The molecule has 0 aliphatic rings. The van der Waals surface area contributed by atoms with E-state index < -0.39 is 0 Å². The van der Waals surface area contributed by atoms with Gasteiger partial charge in [0.2, 0.25) is 0 Å². The van der Waals surface area contributed by atoms with Gasteiger partial charge in [-0.25, -0.2) is 4.39 Å². The minimum Gasteiger partial charge on any atom is -0.488 e. The van der Waals surface area contributed by atoms with Crippen LogP contribution in [0.1, 0.15) is 10.4 Å². The average Bonchev–Trinajstić information content (AvgIpc) is 2.89. The molecule has 0 aliphatic carbocycles. The van der Waals surface area contributed by atoms with Crippen LogP contribution in [-0.4, -0.2) is 0 Å². The summed E-state index contributed by atoms with van der Waals surface area (Å²) in [5.74, 6) is 0.412. The number of halogens is 1. The summed E-state index contributed by atoms with van der Waals surface area (Å²) in [6.45, 7) is 1.02. The summed E-state index contributed by atoms with van der Waals surface area (Å²) in [7, 11) is 0. The fourth-order valence-corrected chi connectivity index (χ4v) is 3.19. The molecule has 0 saturated heterocycles. The van der Waals surface area contributed by atoms with Gasteiger partial charge < -0.3 is 10.5 Å². The Labute approximate surface area is 120 Å². The van der Waals surface area contributed by atoms with E-state index in [0.29, 0.717) is 18.9 Å². The van der Waals surface area contributed by atoms with Gasteiger partial charge in [0.25, 0.3) is 0 Å². The normalized spacial score (nSPS) is 10.9. The monoisotopic (exact) mass is 287 g/mol. The largest absolute Gasteiger partial charge is 0.488 e. The van der Waals surface area contributed by atoms with Gasteiger partial charge in [0.05, 0.1) is 0 Å². The van der Waals surface area contributed by atoms with Crippen LogP contribution in [0.15, 0.2) is 48.5 Å². The second kappa shape index (κ2) is 5.61. The Morgan fingerprint density at radius 1 is 1.10 bits per heavy atom. The van der Waals surface area contributed by atoms with Crippen molar-refractivity contribution in [2.45, 2.75) is 13.2 Å². The molecule has 3 rings (SSSR count). The van der Waals surface area contributed by atoms with E-state index >= 15 is 0 Å². The van der Waals surface area contributed by atoms with Crippen molar-refractivity contribution in [2.24, 2.45) is 5.73 Å². The first-order valence-corrected chi connectivity index (χ1v) is 7.16. The highest BCUT2D eigenvalue weighted by atomic mass is 32.1. The highest BCUT2D eigenvalue weighted by Crippen LogP contribution is 2.29. The van der Waals surface area contributed by atoms with E-state index in [1.54, 1.807) is 23.5 Å². The number of benzene rings is 2. The second-order valence-corrected chi connectivity index (χ2v) is 5.63. The SMILES string of the molecule is NCc1cccc2cc(COc3ccc(F)cc3)sc12. The van der Waals surface area contributed by atoms with Crippen molar-refractivity contribution in [3.05, 3.63) is 64.8 Å². The van der Waals surface area contributed by atoms with Crippen molar-refractivity contribution in [3.63, 3.8) is 0 Å². The maximum Gasteiger partial charge on any atom is 0.123 e. The lowest BCUT2D eigenvalue weighted by atomic mass is 10.1. The van der Waals surface area contributed by atoms with Gasteiger partial charge in [-0.15, -0.1) is 11.3 Å². The van der Waals surface area contributed by atoms with Crippen LogP contribution in [-0.2, 0) is 13.2 Å². The van der Waals surface area contributed by atoms with Gasteiger partial charge in [-0.3, -0.25) is 0 Å². The number of thiophene rings is 1. The zero-order valence-electron chi connectivity index (χ0n) is 10.8. The highest BCUT2D eigenvalue weighted by molar-refractivity contribution is 7.19. The molecular formula is C16H14FNOS. The number of ether oxygens (including phenoxy) is 1. The van der Waals surface area contributed by atoms with E-state index in [4.69, 9.17) is 10.5 Å². The summed E-state index contributed by atoms with van der Waals surface area (Å²) < 4.78 is 19.7. The lowest BCUT2D eigenvalue weighted by molar-refractivity contribution is 0.309. The van der Waals surface area contributed by atoms with Gasteiger partial charge in [-0.2, -0.15) is 0 Å². The first-order valence-electron chi connectivity index (χ1n) is 6.35. The lowest BCUT2D eigenvalue weighted by Crippen LogP contribution is -1.95. The molecule has 2 aromatic carbocycles. The van der Waals surface area contributed by atoms with Crippen LogP contribution in [0, 0.1) is 5.82 Å². The van der Waals surface area contributed by atoms with Gasteiger partial charge in [-0.05, 0) is 41.3 Å². The van der Waals surface area contributed by atoms with E-state index in [9.17, 15) is 4.39 Å². The van der Waals surface area contributed by atoms with Crippen LogP contribution in [0.25, 0.3) is 10.1 Å². The summed E-state index contributed by atoms with van der Waals surface area (Å²) in [4.78, 5) is 1.13. The predicted octanol–water partition coefficient (Wildman–Crippen LogP) is 4.08. The summed E-state index contributed by atoms with van der Waals surface area (Å²) in [5.41, 5.74) is 6.90. The zero-order chi connectivity index (χ0) is 13.9. The standard InChI is InChI=1S/C16H14FNOS/c17-13-4-6-14(7-5-13)19-10-15-8-11-2-1-3-12(9-18)16(11)20-15/h1-8H,9-10,18H2. The van der Waals surface area contributed by atoms with Gasteiger partial charge in [-0.1, -0.05) is 18.2 Å². The van der Waals surface area contributed by atoms with E-state index in [1.807, 2.05) is 12.1 Å². The first-order chi connectivity index (χ1) is 9.76. The van der Waals surface area contributed by atoms with Gasteiger partial charge in [0.1, 0.15) is 18.2 Å². The van der Waals surface area contributed by atoms with E-state index in [0.717, 1.165) is 10.4 Å². The molecule has 3 aromatic rings. The molecule has 1 aromatic heterocycles. The van der Waals surface area contributed by atoms with E-state index in [1.165, 1.54) is 22.2 Å². The zero-order valence-corrected chi connectivity index (χ0v) is 11.6. The molecule has 0 saturated carbocycles. The molecule has 1 heterocycles. The fourth-order valence-electron chi connectivity index (χ4n) is 2.09. The van der Waals surface area contributed by atoms with Gasteiger partial charge in [0, 0.05) is 16.1 Å². The Bertz CT molecular complexity index is 721. The smallest absolute Gasteiger partial charge is 0.123 e. The number of hydrogen-bond donors (Lipinski definition) is 1. The van der Waals surface area contributed by atoms with Crippen LogP contribution in [0.4, 0.5) is 4.39 Å². The van der Waals surface area contributed by atoms with Crippen molar-refractivity contribution in [1.82, 2.24) is 0 Å². The van der Waals surface area contributed by atoms with E-state index in [2.05, 4.69) is 12.1 Å². The Balaban J connectivity index is 1.79. The molecule has 2 nitrogen and oxygen atoms in total. The highest BCUT2D eigenvalue weighted by Gasteiger charge is 2.06. The molecule has 0 bridgehead atoms. The Hall–Kier alpha value is -1.91. The molecule has 0 amide bonds. The Morgan fingerprint density at radius 3 is 2.65 bits per heavy atom. The van der Waals surface area contributed by atoms with Gasteiger partial charge in [0.15, 0.2) is 0 Å². The van der Waals surface area contributed by atoms with Crippen molar-refractivity contribution in [2.75, 3.05) is 0 Å². The molecule has 0 aliphatic heterocycles. The Kier molecular flexibility index (Phi) is 3.67. The fraction of sp³-hybridized carbons (Fsp3) is 0.125. The summed E-state index contributed by atoms with van der Waals surface area (Å²) in [6.07, 6.45) is 0. The third-order valence-electron chi connectivity index (χ3n) is 3.09.